The minimum atomic E-state index is -0.264. The summed E-state index contributed by atoms with van der Waals surface area (Å²) in [7, 11) is 3.44. The van der Waals surface area contributed by atoms with Crippen LogP contribution in [0.4, 0.5) is 0 Å². The molecule has 0 aromatic rings. The molecule has 0 spiro atoms. The van der Waals surface area contributed by atoms with Crippen molar-refractivity contribution in [3.63, 3.8) is 0 Å². The molecule has 1 saturated carbocycles. The van der Waals surface area contributed by atoms with E-state index >= 15 is 0 Å². The lowest BCUT2D eigenvalue weighted by molar-refractivity contribution is -0.288. The summed E-state index contributed by atoms with van der Waals surface area (Å²) in [5.41, 5.74) is 0.437. The van der Waals surface area contributed by atoms with Gasteiger partial charge >= 0.3 is 0 Å². The molecule has 0 unspecified atom stereocenters. The largest absolute Gasteiger partial charge is 0.353 e. The van der Waals surface area contributed by atoms with Gasteiger partial charge in [-0.25, -0.2) is 0 Å². The van der Waals surface area contributed by atoms with Crippen molar-refractivity contribution in [3.8, 4) is 0 Å². The zero-order valence-corrected chi connectivity index (χ0v) is 9.47. The van der Waals surface area contributed by atoms with E-state index in [-0.39, 0.29) is 5.79 Å². The van der Waals surface area contributed by atoms with Crippen LogP contribution in [0.15, 0.2) is 0 Å². The predicted octanol–water partition coefficient (Wildman–Crippen LogP) is 2.21. The van der Waals surface area contributed by atoms with Gasteiger partial charge in [0, 0.05) is 31.5 Å². The first-order valence-corrected chi connectivity index (χ1v) is 5.29. The molecule has 0 aliphatic heterocycles. The van der Waals surface area contributed by atoms with Crippen LogP contribution < -0.4 is 0 Å². The van der Waals surface area contributed by atoms with E-state index in [1.807, 2.05) is 0 Å². The molecule has 0 N–H and O–H groups in total. The Morgan fingerprint density at radius 2 is 1.73 bits per heavy atom. The molecule has 0 heterocycles. The Morgan fingerprint density at radius 1 is 1.27 bits per heavy atom. The fourth-order valence-electron chi connectivity index (χ4n) is 1.72. The summed E-state index contributed by atoms with van der Waals surface area (Å²) in [6, 6.07) is 0. The van der Waals surface area contributed by atoms with Gasteiger partial charge in [-0.3, -0.25) is 0 Å². The number of halogens is 1. The monoisotopic (exact) mass is 270 g/mol. The van der Waals surface area contributed by atoms with Gasteiger partial charge in [0.1, 0.15) is 0 Å². The molecule has 3 heteroatoms. The fraction of sp³-hybridized carbons (Fsp3) is 1.00. The third-order valence-electron chi connectivity index (χ3n) is 2.46. The highest BCUT2D eigenvalue weighted by Crippen LogP contribution is 2.51. The number of hydrogen-bond acceptors (Lipinski definition) is 2. The van der Waals surface area contributed by atoms with E-state index in [2.05, 4.69) is 29.5 Å². The van der Waals surface area contributed by atoms with Crippen LogP contribution in [0.3, 0.4) is 0 Å². The summed E-state index contributed by atoms with van der Waals surface area (Å²) in [4.78, 5) is 0. The maximum absolute atomic E-state index is 5.29. The Morgan fingerprint density at radius 3 is 2.00 bits per heavy atom. The SMILES string of the molecule is COC1(OC)CC(C)(CI)C1. The normalized spacial score (nSPS) is 26.2. The molecule has 66 valence electrons. The lowest BCUT2D eigenvalue weighted by Gasteiger charge is -2.51. The molecule has 1 fully saturated rings. The molecule has 0 amide bonds. The summed E-state index contributed by atoms with van der Waals surface area (Å²) in [5, 5.41) is 0. The number of rotatable bonds is 3. The minimum absolute atomic E-state index is 0.264. The lowest BCUT2D eigenvalue weighted by Crippen LogP contribution is -2.53. The first kappa shape index (κ1) is 9.74. The average Bonchev–Trinajstić information content (AvgIpc) is 1.98. The van der Waals surface area contributed by atoms with Gasteiger partial charge in [0.05, 0.1) is 0 Å². The summed E-state index contributed by atoms with van der Waals surface area (Å²) in [6.07, 6.45) is 2.05. The predicted molar refractivity (Wildman–Crippen MR) is 53.0 cm³/mol. The van der Waals surface area contributed by atoms with Gasteiger partial charge in [-0.15, -0.1) is 0 Å². The fourth-order valence-corrected chi connectivity index (χ4v) is 2.25. The van der Waals surface area contributed by atoms with Crippen molar-refractivity contribution < 1.29 is 9.47 Å². The van der Waals surface area contributed by atoms with E-state index in [4.69, 9.17) is 9.47 Å². The number of ether oxygens (including phenoxy) is 2. The quantitative estimate of drug-likeness (QED) is 0.444. The molecule has 2 nitrogen and oxygen atoms in total. The van der Waals surface area contributed by atoms with Gasteiger partial charge in [-0.05, 0) is 5.41 Å². The van der Waals surface area contributed by atoms with Crippen molar-refractivity contribution >= 4 is 22.6 Å². The van der Waals surface area contributed by atoms with Crippen LogP contribution in [0.5, 0.6) is 0 Å². The first-order chi connectivity index (χ1) is 5.10. The summed E-state index contributed by atoms with van der Waals surface area (Å²) < 4.78 is 11.8. The third-order valence-corrected chi connectivity index (χ3v) is 4.30. The van der Waals surface area contributed by atoms with Crippen LogP contribution in [-0.4, -0.2) is 24.4 Å². The molecule has 1 aliphatic carbocycles. The van der Waals surface area contributed by atoms with Crippen molar-refractivity contribution in [2.75, 3.05) is 18.6 Å². The molecule has 1 rings (SSSR count). The van der Waals surface area contributed by atoms with E-state index in [0.29, 0.717) is 5.41 Å². The molecule has 0 aromatic carbocycles. The molecule has 0 aromatic heterocycles. The van der Waals surface area contributed by atoms with Crippen LogP contribution in [0.2, 0.25) is 0 Å². The van der Waals surface area contributed by atoms with Gasteiger partial charge in [0.2, 0.25) is 0 Å². The number of hydrogen-bond donors (Lipinski definition) is 0. The van der Waals surface area contributed by atoms with E-state index in [1.54, 1.807) is 14.2 Å². The highest BCUT2D eigenvalue weighted by molar-refractivity contribution is 14.1. The average molecular weight is 270 g/mol. The van der Waals surface area contributed by atoms with Crippen molar-refractivity contribution in [1.29, 1.82) is 0 Å². The summed E-state index contributed by atoms with van der Waals surface area (Å²) >= 11 is 2.42. The third kappa shape index (κ3) is 1.70. The topological polar surface area (TPSA) is 18.5 Å². The van der Waals surface area contributed by atoms with Gasteiger partial charge in [0.25, 0.3) is 0 Å². The Labute approximate surface area is 81.8 Å². The highest BCUT2D eigenvalue weighted by Gasteiger charge is 2.52. The number of alkyl halides is 1. The van der Waals surface area contributed by atoms with Crippen molar-refractivity contribution in [3.05, 3.63) is 0 Å². The first-order valence-electron chi connectivity index (χ1n) is 3.76. The lowest BCUT2D eigenvalue weighted by atomic mass is 9.67. The zero-order chi connectivity index (χ0) is 8.54. The van der Waals surface area contributed by atoms with Gasteiger partial charge in [0.15, 0.2) is 5.79 Å². The van der Waals surface area contributed by atoms with E-state index in [1.165, 1.54) is 4.43 Å². The summed E-state index contributed by atoms with van der Waals surface area (Å²) in [6.45, 7) is 2.27. The van der Waals surface area contributed by atoms with Gasteiger partial charge in [-0.1, -0.05) is 29.5 Å². The van der Waals surface area contributed by atoms with Gasteiger partial charge < -0.3 is 9.47 Å². The molecule has 11 heavy (non-hydrogen) atoms. The minimum Gasteiger partial charge on any atom is -0.353 e. The highest BCUT2D eigenvalue weighted by atomic mass is 127. The van der Waals surface area contributed by atoms with E-state index < -0.39 is 0 Å². The molecule has 1 aliphatic rings. The van der Waals surface area contributed by atoms with Gasteiger partial charge in [-0.2, -0.15) is 0 Å². The van der Waals surface area contributed by atoms with Crippen molar-refractivity contribution in [1.82, 2.24) is 0 Å². The number of methoxy groups -OCH3 is 2. The van der Waals surface area contributed by atoms with Crippen molar-refractivity contribution in [2.45, 2.75) is 25.6 Å². The molecule has 0 saturated heterocycles. The second kappa shape index (κ2) is 3.18. The molecule has 0 bridgehead atoms. The van der Waals surface area contributed by atoms with E-state index in [0.717, 1.165) is 12.8 Å². The molecular formula is C8H15IO2. The maximum Gasteiger partial charge on any atom is 0.168 e. The molecule has 0 atom stereocenters. The standard InChI is InChI=1S/C8H15IO2/c1-7(6-9)4-8(5-7,10-2)11-3/h4-6H2,1-3H3. The smallest absolute Gasteiger partial charge is 0.168 e. The second-order valence-corrected chi connectivity index (χ2v) is 4.38. The van der Waals surface area contributed by atoms with Crippen LogP contribution in [0.25, 0.3) is 0 Å². The molecular weight excluding hydrogens is 255 g/mol. The second-order valence-electron chi connectivity index (χ2n) is 3.62. The van der Waals surface area contributed by atoms with Crippen LogP contribution >= 0.6 is 22.6 Å². The van der Waals surface area contributed by atoms with Crippen LogP contribution in [-0.2, 0) is 9.47 Å². The molecule has 0 radical (unpaired) electrons. The Kier molecular flexibility index (Phi) is 2.82. The Bertz CT molecular complexity index is 135. The Hall–Kier alpha value is 0.650. The van der Waals surface area contributed by atoms with Crippen LogP contribution in [0.1, 0.15) is 19.8 Å². The van der Waals surface area contributed by atoms with Crippen molar-refractivity contribution in [2.24, 2.45) is 5.41 Å². The van der Waals surface area contributed by atoms with Crippen LogP contribution in [0, 0.1) is 5.41 Å². The zero-order valence-electron chi connectivity index (χ0n) is 7.32. The Balaban J connectivity index is 2.47. The van der Waals surface area contributed by atoms with E-state index in [9.17, 15) is 0 Å². The maximum atomic E-state index is 5.29. The summed E-state index contributed by atoms with van der Waals surface area (Å²) in [5.74, 6) is -0.264.